The van der Waals surface area contributed by atoms with Gasteiger partial charge < -0.3 is 10.3 Å². The summed E-state index contributed by atoms with van der Waals surface area (Å²) >= 11 is 0. The van der Waals surface area contributed by atoms with Gasteiger partial charge in [-0.1, -0.05) is 0 Å². The van der Waals surface area contributed by atoms with Crippen molar-refractivity contribution in [3.05, 3.63) is 12.5 Å². The molecule has 6 nitrogen and oxygen atoms in total. The van der Waals surface area contributed by atoms with Crippen molar-refractivity contribution >= 4 is 22.4 Å². The van der Waals surface area contributed by atoms with E-state index in [4.69, 9.17) is 5.73 Å². The molecule has 0 fully saturated rings. The molecule has 0 atom stereocenters. The third-order valence-electron chi connectivity index (χ3n) is 1.88. The number of aryl methyl sites for hydroxylation is 1. The Morgan fingerprint density at radius 1 is 1.56 bits per heavy atom. The first-order valence-corrected chi connectivity index (χ1v) is 5.97. The lowest BCUT2D eigenvalue weighted by Crippen LogP contribution is -2.48. The molecule has 3 N–H and O–H groups in total. The van der Waals surface area contributed by atoms with Gasteiger partial charge in [-0.2, -0.15) is 0 Å². The van der Waals surface area contributed by atoms with Gasteiger partial charge in [0.15, 0.2) is 5.03 Å². The lowest BCUT2D eigenvalue weighted by Gasteiger charge is -2.22. The Bertz CT molecular complexity index is 441. The predicted molar refractivity (Wildman–Crippen MR) is 63.9 cm³/mol. The fraction of sp³-hybridized carbons (Fsp3) is 0.625. The van der Waals surface area contributed by atoms with Gasteiger partial charge in [0.25, 0.3) is 10.0 Å². The Hall–Kier alpha value is -0.630. The lowest BCUT2D eigenvalue weighted by atomic mass is 10.1. The van der Waals surface area contributed by atoms with E-state index < -0.39 is 15.6 Å². The van der Waals surface area contributed by atoms with Gasteiger partial charge >= 0.3 is 0 Å². The maximum Gasteiger partial charge on any atom is 0.260 e. The van der Waals surface area contributed by atoms with E-state index in [-0.39, 0.29) is 24.0 Å². The molecule has 1 aromatic heterocycles. The minimum absolute atomic E-state index is 0. The maximum atomic E-state index is 11.8. The summed E-state index contributed by atoms with van der Waals surface area (Å²) in [5, 5.41) is 0.00604. The molecule has 0 radical (unpaired) electrons. The van der Waals surface area contributed by atoms with Gasteiger partial charge in [0.05, 0.1) is 6.33 Å². The second-order valence-electron chi connectivity index (χ2n) is 4.07. The van der Waals surface area contributed by atoms with Crippen LogP contribution in [0.15, 0.2) is 17.6 Å². The Labute approximate surface area is 102 Å². The van der Waals surface area contributed by atoms with Gasteiger partial charge in [-0.3, -0.25) is 0 Å². The summed E-state index contributed by atoms with van der Waals surface area (Å²) in [6.07, 6.45) is 2.87. The number of halogens is 1. The molecule has 1 rings (SSSR count). The van der Waals surface area contributed by atoms with Crippen molar-refractivity contribution in [1.29, 1.82) is 0 Å². The van der Waals surface area contributed by atoms with Crippen LogP contribution >= 0.6 is 12.4 Å². The number of nitrogens with zero attached hydrogens (tertiary/aromatic N) is 2. The molecule has 0 aliphatic heterocycles. The summed E-state index contributed by atoms with van der Waals surface area (Å²) < 4.78 is 27.6. The molecule has 0 spiro atoms. The van der Waals surface area contributed by atoms with Crippen molar-refractivity contribution in [3.8, 4) is 0 Å². The molecule has 94 valence electrons. The molecule has 1 aromatic rings. The topological polar surface area (TPSA) is 90.0 Å². The third kappa shape index (κ3) is 3.75. The predicted octanol–water partition coefficient (Wildman–Crippen LogP) is -0.142. The molecule has 0 aliphatic carbocycles. The van der Waals surface area contributed by atoms with E-state index in [1.165, 1.54) is 12.5 Å². The molecule has 1 heterocycles. The van der Waals surface area contributed by atoms with Crippen LogP contribution in [0.5, 0.6) is 0 Å². The standard InChI is InChI=1S/C8H16N4O2S.ClH/c1-8(2,5-9)11-15(13,14)7-4-12(3)6-10-7;/h4,6,11H,5,9H2,1-3H3;1H. The van der Waals surface area contributed by atoms with E-state index >= 15 is 0 Å². The Morgan fingerprint density at radius 2 is 2.12 bits per heavy atom. The Balaban J connectivity index is 0.00000225. The van der Waals surface area contributed by atoms with Crippen LogP contribution in [0.1, 0.15) is 13.8 Å². The number of nitrogens with one attached hydrogen (secondary N) is 1. The number of nitrogens with two attached hydrogens (primary N) is 1. The molecule has 0 unspecified atom stereocenters. The van der Waals surface area contributed by atoms with Crippen LogP contribution in [0.3, 0.4) is 0 Å². The van der Waals surface area contributed by atoms with E-state index in [2.05, 4.69) is 9.71 Å². The largest absolute Gasteiger partial charge is 0.339 e. The normalized spacial score (nSPS) is 12.2. The van der Waals surface area contributed by atoms with Gasteiger partial charge in [-0.05, 0) is 13.8 Å². The number of hydrogen-bond donors (Lipinski definition) is 2. The van der Waals surface area contributed by atoms with Gasteiger partial charge in [-0.15, -0.1) is 12.4 Å². The summed E-state index contributed by atoms with van der Waals surface area (Å²) in [7, 11) is -1.86. The van der Waals surface area contributed by atoms with Crippen molar-refractivity contribution in [2.24, 2.45) is 12.8 Å². The van der Waals surface area contributed by atoms with Crippen LogP contribution in [0.2, 0.25) is 0 Å². The second-order valence-corrected chi connectivity index (χ2v) is 5.70. The highest BCUT2D eigenvalue weighted by atomic mass is 35.5. The first-order chi connectivity index (χ1) is 6.77. The van der Waals surface area contributed by atoms with Crippen LogP contribution in [0.25, 0.3) is 0 Å². The zero-order valence-electron chi connectivity index (χ0n) is 9.47. The summed E-state index contributed by atoms with van der Waals surface area (Å²) in [4.78, 5) is 3.78. The zero-order valence-corrected chi connectivity index (χ0v) is 11.1. The average Bonchev–Trinajstić information content (AvgIpc) is 2.51. The van der Waals surface area contributed by atoms with Gasteiger partial charge in [0, 0.05) is 25.3 Å². The van der Waals surface area contributed by atoms with E-state index in [0.717, 1.165) is 0 Å². The van der Waals surface area contributed by atoms with Gasteiger partial charge in [0.1, 0.15) is 0 Å². The molecule has 0 bridgehead atoms. The van der Waals surface area contributed by atoms with Crippen molar-refractivity contribution < 1.29 is 8.42 Å². The van der Waals surface area contributed by atoms with Crippen molar-refractivity contribution in [1.82, 2.24) is 14.3 Å². The number of rotatable bonds is 4. The maximum absolute atomic E-state index is 11.8. The quantitative estimate of drug-likeness (QED) is 0.795. The van der Waals surface area contributed by atoms with Crippen LogP contribution in [0, 0.1) is 0 Å². The highest BCUT2D eigenvalue weighted by molar-refractivity contribution is 7.89. The third-order valence-corrected chi connectivity index (χ3v) is 3.46. The fourth-order valence-electron chi connectivity index (χ4n) is 0.985. The van der Waals surface area contributed by atoms with E-state index in [1.807, 2.05) is 0 Å². The summed E-state index contributed by atoms with van der Waals surface area (Å²) in [6, 6.07) is 0. The monoisotopic (exact) mass is 268 g/mol. The number of aromatic nitrogens is 2. The Morgan fingerprint density at radius 3 is 2.50 bits per heavy atom. The van der Waals surface area contributed by atoms with E-state index in [0.29, 0.717) is 0 Å². The van der Waals surface area contributed by atoms with Gasteiger partial charge in [0.2, 0.25) is 0 Å². The molecule has 16 heavy (non-hydrogen) atoms. The molecule has 0 saturated heterocycles. The summed E-state index contributed by atoms with van der Waals surface area (Å²) in [5.74, 6) is 0. The van der Waals surface area contributed by atoms with Crippen molar-refractivity contribution in [2.45, 2.75) is 24.4 Å². The minimum atomic E-state index is -3.57. The fourth-order valence-corrected chi connectivity index (χ4v) is 2.39. The molecule has 0 saturated carbocycles. The van der Waals surface area contributed by atoms with E-state index in [9.17, 15) is 8.42 Å². The molecule has 0 aliphatic rings. The lowest BCUT2D eigenvalue weighted by molar-refractivity contribution is 0.461. The van der Waals surface area contributed by atoms with Gasteiger partial charge in [-0.25, -0.2) is 18.1 Å². The van der Waals surface area contributed by atoms with Crippen molar-refractivity contribution in [3.63, 3.8) is 0 Å². The summed E-state index contributed by atoms with van der Waals surface area (Å²) in [5.41, 5.74) is 4.77. The van der Waals surface area contributed by atoms with Crippen molar-refractivity contribution in [2.75, 3.05) is 6.54 Å². The van der Waals surface area contributed by atoms with Crippen LogP contribution in [-0.2, 0) is 17.1 Å². The highest BCUT2D eigenvalue weighted by Crippen LogP contribution is 2.09. The summed E-state index contributed by atoms with van der Waals surface area (Å²) in [6.45, 7) is 3.65. The molecule has 0 amide bonds. The first-order valence-electron chi connectivity index (χ1n) is 4.49. The molecular formula is C8H17ClN4O2S. The smallest absolute Gasteiger partial charge is 0.260 e. The highest BCUT2D eigenvalue weighted by Gasteiger charge is 2.26. The zero-order chi connectivity index (χ0) is 11.7. The SMILES string of the molecule is Cl.Cn1cnc(S(=O)(=O)NC(C)(C)CN)c1. The average molecular weight is 269 g/mol. The van der Waals surface area contributed by atoms with Crippen LogP contribution in [0.4, 0.5) is 0 Å². The molecule has 0 aromatic carbocycles. The minimum Gasteiger partial charge on any atom is -0.339 e. The molecular weight excluding hydrogens is 252 g/mol. The number of hydrogen-bond acceptors (Lipinski definition) is 4. The molecule has 8 heteroatoms. The van der Waals surface area contributed by atoms with Crippen LogP contribution in [-0.4, -0.2) is 30.1 Å². The Kier molecular flexibility index (Phi) is 4.93. The second kappa shape index (κ2) is 5.13. The first kappa shape index (κ1) is 15.4. The number of sulfonamides is 1. The van der Waals surface area contributed by atoms with E-state index in [1.54, 1.807) is 25.5 Å². The van der Waals surface area contributed by atoms with Crippen LogP contribution < -0.4 is 10.5 Å². The number of imidazole rings is 1.